The molecule has 1 saturated heterocycles. The molecule has 0 bridgehead atoms. The van der Waals surface area contributed by atoms with Crippen LogP contribution in [0.15, 0.2) is 41.5 Å². The Labute approximate surface area is 126 Å². The molecular weight excluding hydrogens is 287 g/mol. The van der Waals surface area contributed by atoms with Gasteiger partial charge in [-0.2, -0.15) is 0 Å². The molecule has 1 aliphatic rings. The van der Waals surface area contributed by atoms with Crippen LogP contribution in [-0.2, 0) is 11.3 Å². The maximum atomic E-state index is 13.1. The van der Waals surface area contributed by atoms with Crippen LogP contribution in [-0.4, -0.2) is 40.0 Å². The van der Waals surface area contributed by atoms with Crippen LogP contribution in [0.5, 0.6) is 0 Å². The third kappa shape index (κ3) is 2.94. The van der Waals surface area contributed by atoms with E-state index in [1.807, 2.05) is 4.90 Å². The smallest absolute Gasteiger partial charge is 0.325 e. The molecule has 2 aromatic rings. The summed E-state index contributed by atoms with van der Waals surface area (Å²) in [6, 6.07) is 5.50. The lowest BCUT2D eigenvalue weighted by molar-refractivity contribution is -0.129. The number of aromatic amines is 1. The number of imidazole rings is 1. The number of rotatable bonds is 4. The summed E-state index contributed by atoms with van der Waals surface area (Å²) in [4.78, 5) is 28.3. The Morgan fingerprint density at radius 1 is 1.18 bits per heavy atom. The first-order valence-electron chi connectivity index (χ1n) is 7.16. The number of H-pyrrole nitrogens is 1. The van der Waals surface area contributed by atoms with Crippen LogP contribution in [0.4, 0.5) is 4.39 Å². The highest BCUT2D eigenvalue weighted by molar-refractivity contribution is 5.83. The molecule has 0 aliphatic carbocycles. The second-order valence-corrected chi connectivity index (χ2v) is 5.24. The van der Waals surface area contributed by atoms with Gasteiger partial charge in [-0.3, -0.25) is 14.3 Å². The zero-order valence-corrected chi connectivity index (χ0v) is 12.0. The van der Waals surface area contributed by atoms with Gasteiger partial charge in [0, 0.05) is 38.6 Å². The maximum absolute atomic E-state index is 13.1. The number of nitrogens with one attached hydrogen (secondary N) is 2. The quantitative estimate of drug-likeness (QED) is 0.863. The van der Waals surface area contributed by atoms with Gasteiger partial charge in [0.2, 0.25) is 5.91 Å². The molecule has 0 radical (unpaired) electrons. The summed E-state index contributed by atoms with van der Waals surface area (Å²) in [5, 5.41) is 2.83. The minimum Gasteiger partial charge on any atom is -0.353 e. The molecule has 116 valence electrons. The SMILES string of the molecule is O=C1NCCN(CCn2cc[nH]c2=O)[C@H]1c1ccc(F)cc1. The van der Waals surface area contributed by atoms with Crippen LogP contribution < -0.4 is 11.0 Å². The highest BCUT2D eigenvalue weighted by Crippen LogP contribution is 2.23. The van der Waals surface area contributed by atoms with Crippen LogP contribution in [0.1, 0.15) is 11.6 Å². The fourth-order valence-electron chi connectivity index (χ4n) is 2.72. The minimum absolute atomic E-state index is 0.0979. The van der Waals surface area contributed by atoms with E-state index in [0.29, 0.717) is 26.2 Å². The number of amides is 1. The van der Waals surface area contributed by atoms with E-state index in [2.05, 4.69) is 10.3 Å². The molecular formula is C15H17FN4O2. The Kier molecular flexibility index (Phi) is 4.06. The molecule has 0 unspecified atom stereocenters. The molecule has 6 nitrogen and oxygen atoms in total. The number of aromatic nitrogens is 2. The monoisotopic (exact) mass is 304 g/mol. The summed E-state index contributed by atoms with van der Waals surface area (Å²) in [6.07, 6.45) is 3.27. The predicted molar refractivity (Wildman–Crippen MR) is 78.8 cm³/mol. The van der Waals surface area contributed by atoms with Crippen LogP contribution in [0.2, 0.25) is 0 Å². The van der Waals surface area contributed by atoms with Crippen molar-refractivity contribution in [3.8, 4) is 0 Å². The number of hydrogen-bond donors (Lipinski definition) is 2. The highest BCUT2D eigenvalue weighted by atomic mass is 19.1. The molecule has 0 spiro atoms. The first-order chi connectivity index (χ1) is 10.6. The number of carbonyl (C=O) groups is 1. The summed E-state index contributed by atoms with van der Waals surface area (Å²) < 4.78 is 14.6. The van der Waals surface area contributed by atoms with E-state index >= 15 is 0 Å². The molecule has 1 atom stereocenters. The predicted octanol–water partition coefficient (Wildman–Crippen LogP) is 0.489. The fourth-order valence-corrected chi connectivity index (χ4v) is 2.72. The average Bonchev–Trinajstić information content (AvgIpc) is 2.92. The number of benzene rings is 1. The lowest BCUT2D eigenvalue weighted by atomic mass is 10.0. The third-order valence-electron chi connectivity index (χ3n) is 3.85. The first-order valence-corrected chi connectivity index (χ1v) is 7.16. The summed E-state index contributed by atoms with van der Waals surface area (Å²) in [6.45, 7) is 2.31. The van der Waals surface area contributed by atoms with E-state index in [1.54, 1.807) is 29.1 Å². The molecule has 3 rings (SSSR count). The Bertz CT molecular complexity index is 707. The van der Waals surface area contributed by atoms with Crippen molar-refractivity contribution >= 4 is 5.91 Å². The van der Waals surface area contributed by atoms with Crippen molar-refractivity contribution in [1.29, 1.82) is 0 Å². The van der Waals surface area contributed by atoms with Gasteiger partial charge in [0.25, 0.3) is 0 Å². The van der Waals surface area contributed by atoms with Crippen molar-refractivity contribution in [3.05, 3.63) is 58.5 Å². The normalized spacial score (nSPS) is 19.1. The van der Waals surface area contributed by atoms with Gasteiger partial charge in [0.05, 0.1) is 0 Å². The van der Waals surface area contributed by atoms with E-state index in [9.17, 15) is 14.0 Å². The van der Waals surface area contributed by atoms with Crippen molar-refractivity contribution in [3.63, 3.8) is 0 Å². The first kappa shape index (κ1) is 14.5. The number of hydrogen-bond acceptors (Lipinski definition) is 3. The van der Waals surface area contributed by atoms with Gasteiger partial charge in [0.1, 0.15) is 11.9 Å². The van der Waals surface area contributed by atoms with Crippen LogP contribution in [0.3, 0.4) is 0 Å². The van der Waals surface area contributed by atoms with Gasteiger partial charge in [-0.25, -0.2) is 9.18 Å². The molecule has 1 aromatic heterocycles. The van der Waals surface area contributed by atoms with Crippen molar-refractivity contribution in [1.82, 2.24) is 19.8 Å². The largest absolute Gasteiger partial charge is 0.353 e. The molecule has 1 amide bonds. The average molecular weight is 304 g/mol. The van der Waals surface area contributed by atoms with E-state index in [-0.39, 0.29) is 17.4 Å². The van der Waals surface area contributed by atoms with Crippen LogP contribution in [0.25, 0.3) is 0 Å². The second kappa shape index (κ2) is 6.15. The van der Waals surface area contributed by atoms with Gasteiger partial charge in [-0.15, -0.1) is 0 Å². The fraction of sp³-hybridized carbons (Fsp3) is 0.333. The topological polar surface area (TPSA) is 70.1 Å². The molecule has 1 aliphatic heterocycles. The van der Waals surface area contributed by atoms with Crippen LogP contribution in [0, 0.1) is 5.82 Å². The van der Waals surface area contributed by atoms with Gasteiger partial charge in [-0.1, -0.05) is 12.1 Å². The third-order valence-corrected chi connectivity index (χ3v) is 3.85. The Morgan fingerprint density at radius 3 is 2.64 bits per heavy atom. The molecule has 1 fully saturated rings. The molecule has 2 N–H and O–H groups in total. The zero-order valence-electron chi connectivity index (χ0n) is 12.0. The number of piperazine rings is 1. The zero-order chi connectivity index (χ0) is 15.5. The second-order valence-electron chi connectivity index (χ2n) is 5.24. The summed E-state index contributed by atoms with van der Waals surface area (Å²) in [5.74, 6) is -0.426. The van der Waals surface area contributed by atoms with E-state index in [0.717, 1.165) is 5.56 Å². The maximum Gasteiger partial charge on any atom is 0.325 e. The van der Waals surface area contributed by atoms with Crippen molar-refractivity contribution in [2.24, 2.45) is 0 Å². The Hall–Kier alpha value is -2.41. The molecule has 7 heteroatoms. The number of nitrogens with zero attached hydrogens (tertiary/aromatic N) is 2. The Morgan fingerprint density at radius 2 is 1.95 bits per heavy atom. The Balaban J connectivity index is 1.78. The molecule has 0 saturated carbocycles. The lowest BCUT2D eigenvalue weighted by Crippen LogP contribution is -2.50. The van der Waals surface area contributed by atoms with Crippen molar-refractivity contribution in [2.45, 2.75) is 12.6 Å². The van der Waals surface area contributed by atoms with Crippen molar-refractivity contribution < 1.29 is 9.18 Å². The van der Waals surface area contributed by atoms with Gasteiger partial charge in [0.15, 0.2) is 0 Å². The summed E-state index contributed by atoms with van der Waals surface area (Å²) >= 11 is 0. The minimum atomic E-state index is -0.455. The number of carbonyl (C=O) groups excluding carboxylic acids is 1. The van der Waals surface area contributed by atoms with E-state index in [4.69, 9.17) is 0 Å². The van der Waals surface area contributed by atoms with Gasteiger partial charge < -0.3 is 10.3 Å². The molecule has 22 heavy (non-hydrogen) atoms. The standard InChI is InChI=1S/C15H17FN4O2/c16-12-3-1-11(2-4-12)13-14(21)17-5-7-19(13)9-10-20-8-6-18-15(20)22/h1-4,6,8,13H,5,7,9-10H2,(H,17,21)(H,18,22)/t13-/m0/s1. The number of halogens is 1. The van der Waals surface area contributed by atoms with E-state index in [1.165, 1.54) is 12.1 Å². The lowest BCUT2D eigenvalue weighted by Gasteiger charge is -2.35. The summed E-state index contributed by atoms with van der Waals surface area (Å²) in [7, 11) is 0. The summed E-state index contributed by atoms with van der Waals surface area (Å²) in [5.41, 5.74) is 0.583. The van der Waals surface area contributed by atoms with Crippen molar-refractivity contribution in [2.75, 3.05) is 19.6 Å². The van der Waals surface area contributed by atoms with Gasteiger partial charge >= 0.3 is 5.69 Å². The molecule has 2 heterocycles. The molecule has 1 aromatic carbocycles. The van der Waals surface area contributed by atoms with Crippen LogP contribution >= 0.6 is 0 Å². The highest BCUT2D eigenvalue weighted by Gasteiger charge is 2.30. The van der Waals surface area contributed by atoms with E-state index < -0.39 is 6.04 Å². The van der Waals surface area contributed by atoms with Gasteiger partial charge in [-0.05, 0) is 17.7 Å².